The van der Waals surface area contributed by atoms with E-state index in [4.69, 9.17) is 26.8 Å². The summed E-state index contributed by atoms with van der Waals surface area (Å²) in [4.78, 5) is 14.8. The monoisotopic (exact) mass is 526 g/mol. The number of thiophene rings is 1. The van der Waals surface area contributed by atoms with Crippen LogP contribution in [-0.4, -0.2) is 38.4 Å². The molecule has 5 rings (SSSR count). The first-order valence-electron chi connectivity index (χ1n) is 12.4. The van der Waals surface area contributed by atoms with Crippen LogP contribution in [0.5, 0.6) is 11.5 Å². The van der Waals surface area contributed by atoms with Crippen molar-refractivity contribution in [3.63, 3.8) is 0 Å². The summed E-state index contributed by atoms with van der Waals surface area (Å²) < 4.78 is 12.4. The second kappa shape index (κ2) is 11.0. The Morgan fingerprint density at radius 2 is 2.11 bits per heavy atom. The fourth-order valence-corrected chi connectivity index (χ4v) is 5.93. The molecule has 1 saturated heterocycles. The fourth-order valence-electron chi connectivity index (χ4n) is 4.63. The summed E-state index contributed by atoms with van der Waals surface area (Å²) >= 11 is 7.97. The van der Waals surface area contributed by atoms with Gasteiger partial charge in [-0.1, -0.05) is 36.8 Å². The van der Waals surface area contributed by atoms with Crippen LogP contribution in [0.4, 0.5) is 16.4 Å². The average molecular weight is 527 g/mol. The zero-order valence-corrected chi connectivity index (χ0v) is 21.9. The summed E-state index contributed by atoms with van der Waals surface area (Å²) in [6.45, 7) is 4.88. The highest BCUT2D eigenvalue weighted by atomic mass is 35.5. The van der Waals surface area contributed by atoms with Gasteiger partial charge < -0.3 is 30.7 Å². The number of anilines is 3. The number of hydrogen-bond acceptors (Lipinski definition) is 7. The van der Waals surface area contributed by atoms with E-state index in [-0.39, 0.29) is 12.7 Å². The fraction of sp³-hybridized carbons (Fsp3) is 0.370. The van der Waals surface area contributed by atoms with E-state index in [1.807, 2.05) is 30.4 Å². The van der Waals surface area contributed by atoms with Gasteiger partial charge in [-0.25, -0.2) is 0 Å². The lowest BCUT2D eigenvalue weighted by atomic mass is 10.1. The molecule has 0 bridgehead atoms. The van der Waals surface area contributed by atoms with Gasteiger partial charge in [0.25, 0.3) is 5.91 Å². The van der Waals surface area contributed by atoms with Crippen molar-refractivity contribution in [1.82, 2.24) is 5.32 Å². The zero-order chi connectivity index (χ0) is 25.1. The van der Waals surface area contributed by atoms with E-state index in [0.29, 0.717) is 17.3 Å². The molecule has 0 radical (unpaired) electrons. The van der Waals surface area contributed by atoms with E-state index in [1.54, 1.807) is 0 Å². The molecule has 1 amide bonds. The Balaban J connectivity index is 1.36. The standard InChI is InChI=1S/C27H31ClN4O3S/c1-2-17-5-3-4-6-18(25(17)28)15-34-23-14-24(36-26(23)27(29)33)32-16-31-21-8-7-20(13-22(21)32)35-19-9-11-30-12-10-19/h3-4,6-8,13-14,19,30-31H,2,5,9-12,15-16H2,1H3,(H2,29,33). The van der Waals surface area contributed by atoms with E-state index in [1.165, 1.54) is 16.9 Å². The van der Waals surface area contributed by atoms with Gasteiger partial charge >= 0.3 is 0 Å². The van der Waals surface area contributed by atoms with Crippen molar-refractivity contribution in [2.24, 2.45) is 5.73 Å². The van der Waals surface area contributed by atoms with Crippen LogP contribution in [0.3, 0.4) is 0 Å². The highest BCUT2D eigenvalue weighted by molar-refractivity contribution is 7.18. The van der Waals surface area contributed by atoms with Gasteiger partial charge in [-0.3, -0.25) is 4.79 Å². The number of nitrogens with zero attached hydrogens (tertiary/aromatic N) is 1. The Labute approximate surface area is 220 Å². The third-order valence-electron chi connectivity index (χ3n) is 6.65. The van der Waals surface area contributed by atoms with Gasteiger partial charge in [-0.2, -0.15) is 0 Å². The maximum absolute atomic E-state index is 12.3. The molecule has 0 spiro atoms. The molecule has 7 nitrogen and oxygen atoms in total. The summed E-state index contributed by atoms with van der Waals surface area (Å²) in [6.07, 6.45) is 9.97. The number of primary amides is 1. The van der Waals surface area contributed by atoms with Crippen LogP contribution in [0.1, 0.15) is 42.3 Å². The lowest BCUT2D eigenvalue weighted by molar-refractivity contribution is 0.100. The van der Waals surface area contributed by atoms with Crippen molar-refractivity contribution < 1.29 is 14.3 Å². The second-order valence-electron chi connectivity index (χ2n) is 9.04. The molecule has 36 heavy (non-hydrogen) atoms. The molecule has 0 atom stereocenters. The number of hydrogen-bond donors (Lipinski definition) is 3. The molecule has 9 heteroatoms. The molecule has 190 valence electrons. The van der Waals surface area contributed by atoms with Crippen LogP contribution < -0.4 is 30.7 Å². The molecule has 3 aliphatic rings. The van der Waals surface area contributed by atoms with E-state index < -0.39 is 5.91 Å². The number of nitrogens with one attached hydrogen (secondary N) is 2. The summed E-state index contributed by atoms with van der Waals surface area (Å²) in [5.41, 5.74) is 9.80. The number of nitrogens with two attached hydrogens (primary N) is 1. The predicted molar refractivity (Wildman–Crippen MR) is 147 cm³/mol. The largest absolute Gasteiger partial charge is 0.490 e. The minimum absolute atomic E-state index is 0.220. The topological polar surface area (TPSA) is 88.8 Å². The minimum Gasteiger partial charge on any atom is -0.490 e. The Kier molecular flexibility index (Phi) is 7.55. The number of rotatable bonds is 8. The maximum Gasteiger partial charge on any atom is 0.262 e. The summed E-state index contributed by atoms with van der Waals surface area (Å²) in [6, 6.07) is 7.98. The highest BCUT2D eigenvalue weighted by Crippen LogP contribution is 2.45. The Morgan fingerprint density at radius 1 is 1.28 bits per heavy atom. The third-order valence-corrected chi connectivity index (χ3v) is 8.32. The van der Waals surface area contributed by atoms with E-state index in [2.05, 4.69) is 34.6 Å². The van der Waals surface area contributed by atoms with Crippen molar-refractivity contribution in [1.29, 1.82) is 0 Å². The first kappa shape index (κ1) is 24.7. The number of halogens is 1. The van der Waals surface area contributed by atoms with Crippen LogP contribution in [0.15, 0.2) is 58.7 Å². The van der Waals surface area contributed by atoms with Crippen molar-refractivity contribution >= 4 is 45.2 Å². The second-order valence-corrected chi connectivity index (χ2v) is 10.4. The first-order chi connectivity index (χ1) is 17.5. The highest BCUT2D eigenvalue weighted by Gasteiger charge is 2.26. The van der Waals surface area contributed by atoms with Crippen LogP contribution in [-0.2, 0) is 0 Å². The van der Waals surface area contributed by atoms with Gasteiger partial charge in [-0.05, 0) is 56.5 Å². The molecular formula is C27H31ClN4O3S. The summed E-state index contributed by atoms with van der Waals surface area (Å²) in [5, 5.41) is 8.39. The van der Waals surface area contributed by atoms with Gasteiger partial charge in [0.2, 0.25) is 0 Å². The number of amides is 1. The molecular weight excluding hydrogens is 496 g/mol. The average Bonchev–Trinajstić information content (AvgIpc) is 3.45. The third kappa shape index (κ3) is 5.26. The molecule has 1 aromatic heterocycles. The van der Waals surface area contributed by atoms with Gasteiger partial charge in [0.15, 0.2) is 0 Å². The first-order valence-corrected chi connectivity index (χ1v) is 13.6. The van der Waals surface area contributed by atoms with Crippen LogP contribution in [0.25, 0.3) is 0 Å². The summed E-state index contributed by atoms with van der Waals surface area (Å²) in [5.74, 6) is 0.802. The Hall–Kier alpha value is -2.94. The Morgan fingerprint density at radius 3 is 2.89 bits per heavy atom. The number of ether oxygens (including phenoxy) is 2. The number of fused-ring (bicyclic) bond motifs is 1. The van der Waals surface area contributed by atoms with Crippen molar-refractivity contribution in [3.8, 4) is 11.5 Å². The van der Waals surface area contributed by atoms with E-state index >= 15 is 0 Å². The SMILES string of the molecule is CCC1=C(Cl)C(COc2cc(N3CNc4ccc(OC5CCNCC5)cc43)sc2C(N)=O)=CC=CC1. The van der Waals surface area contributed by atoms with E-state index in [0.717, 1.165) is 71.5 Å². The molecule has 4 N–H and O–H groups in total. The van der Waals surface area contributed by atoms with Crippen LogP contribution in [0.2, 0.25) is 0 Å². The molecule has 2 aromatic rings. The number of carbonyl (C=O) groups excluding carboxylic acids is 1. The lowest BCUT2D eigenvalue weighted by Gasteiger charge is -2.24. The molecule has 1 aliphatic carbocycles. The quantitative estimate of drug-likeness (QED) is 0.411. The minimum atomic E-state index is -0.512. The number of piperidine rings is 1. The Bertz CT molecular complexity index is 1230. The lowest BCUT2D eigenvalue weighted by Crippen LogP contribution is -2.34. The van der Waals surface area contributed by atoms with Crippen molar-refractivity contribution in [3.05, 3.63) is 63.5 Å². The number of carbonyl (C=O) groups is 1. The van der Waals surface area contributed by atoms with Crippen LogP contribution in [0, 0.1) is 0 Å². The summed E-state index contributed by atoms with van der Waals surface area (Å²) in [7, 11) is 0. The smallest absolute Gasteiger partial charge is 0.262 e. The molecule has 0 saturated carbocycles. The van der Waals surface area contributed by atoms with Crippen molar-refractivity contribution in [2.45, 2.75) is 38.7 Å². The van der Waals surface area contributed by atoms with Crippen LogP contribution >= 0.6 is 22.9 Å². The normalized spacial score (nSPS) is 17.9. The molecule has 2 aliphatic heterocycles. The molecule has 1 aromatic carbocycles. The van der Waals surface area contributed by atoms with Crippen molar-refractivity contribution in [2.75, 3.05) is 36.6 Å². The predicted octanol–water partition coefficient (Wildman–Crippen LogP) is 5.67. The molecule has 0 unspecified atom stereocenters. The van der Waals surface area contributed by atoms with Gasteiger partial charge in [0.1, 0.15) is 34.1 Å². The van der Waals surface area contributed by atoms with Gasteiger partial charge in [0, 0.05) is 22.7 Å². The zero-order valence-electron chi connectivity index (χ0n) is 20.3. The molecule has 3 heterocycles. The number of allylic oxidation sites excluding steroid dienone is 4. The molecule has 1 fully saturated rings. The maximum atomic E-state index is 12.3. The van der Waals surface area contributed by atoms with Gasteiger partial charge in [0.05, 0.1) is 18.0 Å². The van der Waals surface area contributed by atoms with Gasteiger partial charge in [-0.15, -0.1) is 11.3 Å². The number of benzene rings is 1. The van der Waals surface area contributed by atoms with E-state index in [9.17, 15) is 4.79 Å².